The van der Waals surface area contributed by atoms with Crippen LogP contribution in [0.2, 0.25) is 0 Å². The van der Waals surface area contributed by atoms with E-state index in [4.69, 9.17) is 16.4 Å². The van der Waals surface area contributed by atoms with Crippen LogP contribution >= 0.6 is 40.7 Å². The lowest BCUT2D eigenvalue weighted by Crippen LogP contribution is -2.43. The largest absolute Gasteiger partial charge is 0.293 e. The summed E-state index contributed by atoms with van der Waals surface area (Å²) in [6.07, 6.45) is 17.4. The number of terminal acetylenes is 1. The molecule has 0 N–H and O–H groups in total. The van der Waals surface area contributed by atoms with Crippen LogP contribution in [0.3, 0.4) is 0 Å². The molecule has 15 nitrogen and oxygen atoms in total. The molecule has 6 aromatic heterocycles. The van der Waals surface area contributed by atoms with Crippen molar-refractivity contribution in [1.29, 1.82) is 0 Å². The van der Waals surface area contributed by atoms with Crippen LogP contribution in [0.15, 0.2) is 147 Å². The van der Waals surface area contributed by atoms with Gasteiger partial charge >= 0.3 is 0 Å². The van der Waals surface area contributed by atoms with Crippen LogP contribution < -0.4 is 16.7 Å². The number of aromatic nitrogens is 9. The number of fused-ring (bicyclic) bond motifs is 9. The minimum absolute atomic E-state index is 0. The van der Waals surface area contributed by atoms with Crippen molar-refractivity contribution in [3.8, 4) is 36.0 Å². The molecular formula is C63H57BrCl2N12O3. The Bertz CT molecular complexity index is 3970. The topological polar surface area (TPSA) is 153 Å². The summed E-state index contributed by atoms with van der Waals surface area (Å²) in [7, 11) is 0. The molecule has 3 unspecified atom stereocenters. The first kappa shape index (κ1) is 56.4. The second-order valence-corrected chi connectivity index (χ2v) is 21.5. The molecule has 3 aromatic carbocycles. The number of hydrogen-bond acceptors (Lipinski definition) is 12. The third kappa shape index (κ3) is 12.4. The van der Waals surface area contributed by atoms with Gasteiger partial charge in [-0.05, 0) is 161 Å². The lowest BCUT2D eigenvalue weighted by atomic mass is 10.1. The van der Waals surface area contributed by atoms with Gasteiger partial charge in [-0.2, -0.15) is 0 Å². The quantitative estimate of drug-likeness (QED) is 0.134. The van der Waals surface area contributed by atoms with E-state index in [1.165, 1.54) is 38.5 Å². The van der Waals surface area contributed by atoms with E-state index >= 15 is 0 Å². The van der Waals surface area contributed by atoms with E-state index < -0.39 is 0 Å². The molecule has 6 aliphatic heterocycles. The van der Waals surface area contributed by atoms with Crippen molar-refractivity contribution in [2.75, 3.05) is 19.6 Å². The molecule has 3 atom stereocenters. The van der Waals surface area contributed by atoms with Gasteiger partial charge in [-0.25, -0.2) is 29.9 Å². The minimum Gasteiger partial charge on any atom is -0.293 e. The molecule has 0 saturated carbocycles. The van der Waals surface area contributed by atoms with Gasteiger partial charge in [0.1, 0.15) is 34.6 Å². The SMILES string of the molecule is C#Cc1ccccn1.Cl.Cl.O=c1c2ccc(Br)cc2nc2n1CC1CCCN1C2.O=c1c2ccc(C#Cc3ccccn3)cc2nc2n1CC1CCCN1C2.O=c1c2ccc(C#Cc3ccccn3)cc2nc2n1CC1CCCN1C2. The number of pyridine rings is 3. The van der Waals surface area contributed by atoms with Crippen LogP contribution in [0.1, 0.15) is 84.2 Å². The van der Waals surface area contributed by atoms with Gasteiger partial charge in [-0.3, -0.25) is 42.8 Å². The van der Waals surface area contributed by atoms with E-state index in [9.17, 15) is 14.4 Å². The highest BCUT2D eigenvalue weighted by Crippen LogP contribution is 2.29. The predicted octanol–water partition coefficient (Wildman–Crippen LogP) is 8.38. The standard InChI is InChI=1S/2C21H18N4O.C14H14BrN3O.C7H5N.2ClH/c2*26-21-18-9-7-15(6-8-16-4-1-2-10-22-16)12-19(18)23-20-14-24-11-3-5-17(24)13-25(20)21;15-9-3-4-11-12(6-9)16-13-8-17-5-1-2-10(17)7-18(13)14(11)19;1-2-7-5-3-4-6-8-7;;/h2*1-2,4,7,9-10,12,17H,3,5,11,13-14H2;3-4,6,10H,1-2,5,7-8H2;1,3-6H;2*1H. The average Bonchev–Trinajstić information content (AvgIpc) is 4.33. The lowest BCUT2D eigenvalue weighted by molar-refractivity contribution is 0.181. The molecule has 0 radical (unpaired) electrons. The molecule has 3 saturated heterocycles. The summed E-state index contributed by atoms with van der Waals surface area (Å²) in [6.45, 7) is 8.00. The molecule has 0 spiro atoms. The smallest absolute Gasteiger partial charge is 0.261 e. The molecule has 12 heterocycles. The van der Waals surface area contributed by atoms with E-state index in [0.29, 0.717) is 34.6 Å². The Morgan fingerprint density at radius 3 is 1.19 bits per heavy atom. The Balaban J connectivity index is 0.000000127. The van der Waals surface area contributed by atoms with Crippen molar-refractivity contribution in [2.45, 2.75) is 95.9 Å². The molecule has 3 fully saturated rings. The number of rotatable bonds is 0. The Morgan fingerprint density at radius 2 is 0.827 bits per heavy atom. The van der Waals surface area contributed by atoms with Crippen molar-refractivity contribution >= 4 is 73.5 Å². The van der Waals surface area contributed by atoms with Gasteiger partial charge in [-0.15, -0.1) is 31.2 Å². The maximum atomic E-state index is 12.9. The van der Waals surface area contributed by atoms with Gasteiger partial charge in [0.05, 0.1) is 52.3 Å². The van der Waals surface area contributed by atoms with Gasteiger partial charge < -0.3 is 0 Å². The first-order valence-electron chi connectivity index (χ1n) is 26.9. The fraction of sp³-hybridized carbons (Fsp3) is 0.286. The summed E-state index contributed by atoms with van der Waals surface area (Å²) in [5.74, 6) is 17.4. The third-order valence-corrected chi connectivity index (χ3v) is 16.1. The van der Waals surface area contributed by atoms with Gasteiger partial charge in [0.2, 0.25) is 0 Å². The van der Waals surface area contributed by atoms with Gasteiger partial charge in [0, 0.05) is 71.9 Å². The van der Waals surface area contributed by atoms with Gasteiger partial charge in [0.15, 0.2) is 0 Å². The molecule has 15 rings (SSSR count). The lowest BCUT2D eigenvalue weighted by Gasteiger charge is -2.31. The zero-order chi connectivity index (χ0) is 53.8. The zero-order valence-electron chi connectivity index (χ0n) is 44.3. The molecule has 81 heavy (non-hydrogen) atoms. The van der Waals surface area contributed by atoms with Crippen LogP contribution in [0, 0.1) is 36.0 Å². The molecular weight excluding hydrogens is 1120 g/mol. The Morgan fingerprint density at radius 1 is 0.457 bits per heavy atom. The monoisotopic (exact) mass is 1180 g/mol. The normalized spacial score (nSPS) is 18.1. The fourth-order valence-electron chi connectivity index (χ4n) is 11.6. The molecule has 0 aliphatic carbocycles. The second kappa shape index (κ2) is 25.3. The molecule has 18 heteroatoms. The van der Waals surface area contributed by atoms with Crippen LogP contribution in [0.25, 0.3) is 32.7 Å². The highest BCUT2D eigenvalue weighted by molar-refractivity contribution is 9.10. The molecule has 0 bridgehead atoms. The average molecular weight is 1180 g/mol. The van der Waals surface area contributed by atoms with Crippen LogP contribution in [-0.4, -0.2) is 96.1 Å². The fourth-order valence-corrected chi connectivity index (χ4v) is 11.9. The zero-order valence-corrected chi connectivity index (χ0v) is 47.5. The van der Waals surface area contributed by atoms with Gasteiger partial charge in [-0.1, -0.05) is 51.9 Å². The highest BCUT2D eigenvalue weighted by Gasteiger charge is 2.34. The summed E-state index contributed by atoms with van der Waals surface area (Å²) < 4.78 is 6.58. The summed E-state index contributed by atoms with van der Waals surface area (Å²) in [4.78, 5) is 72.3. The molecule has 0 amide bonds. The van der Waals surface area contributed by atoms with Crippen molar-refractivity contribution in [2.24, 2.45) is 0 Å². The van der Waals surface area contributed by atoms with Crippen molar-refractivity contribution in [3.05, 3.63) is 209 Å². The van der Waals surface area contributed by atoms with Crippen molar-refractivity contribution < 1.29 is 0 Å². The van der Waals surface area contributed by atoms with Crippen molar-refractivity contribution in [3.63, 3.8) is 0 Å². The Kier molecular flexibility index (Phi) is 17.6. The maximum absolute atomic E-state index is 12.9. The number of halogens is 3. The summed E-state index contributed by atoms with van der Waals surface area (Å²) in [6, 6.07) is 35.3. The number of nitrogens with zero attached hydrogens (tertiary/aromatic N) is 12. The number of benzene rings is 3. The van der Waals surface area contributed by atoms with Crippen LogP contribution in [0.4, 0.5) is 0 Å². The first-order valence-corrected chi connectivity index (χ1v) is 27.7. The molecule has 6 aliphatic rings. The molecule has 9 aromatic rings. The second-order valence-electron chi connectivity index (χ2n) is 20.5. The van der Waals surface area contributed by atoms with E-state index in [2.05, 4.69) is 80.2 Å². The summed E-state index contributed by atoms with van der Waals surface area (Å²) in [5.41, 5.74) is 6.33. The van der Waals surface area contributed by atoms with E-state index in [-0.39, 0.29) is 41.5 Å². The third-order valence-electron chi connectivity index (χ3n) is 15.6. The van der Waals surface area contributed by atoms with Crippen LogP contribution in [-0.2, 0) is 39.3 Å². The van der Waals surface area contributed by atoms with E-state index in [1.807, 2.05) is 117 Å². The number of hydrogen-bond donors (Lipinski definition) is 0. The van der Waals surface area contributed by atoms with Gasteiger partial charge in [0.25, 0.3) is 16.7 Å². The summed E-state index contributed by atoms with van der Waals surface area (Å²) >= 11 is 3.44. The maximum Gasteiger partial charge on any atom is 0.261 e. The van der Waals surface area contributed by atoms with E-state index in [1.54, 1.807) is 24.7 Å². The minimum atomic E-state index is 0. The molecule has 408 valence electrons. The predicted molar refractivity (Wildman–Crippen MR) is 323 cm³/mol. The Hall–Kier alpha value is -7.85. The highest BCUT2D eigenvalue weighted by atomic mass is 79.9. The van der Waals surface area contributed by atoms with E-state index in [0.717, 1.165) is 125 Å². The van der Waals surface area contributed by atoms with Crippen molar-refractivity contribution in [1.82, 2.24) is 58.3 Å². The van der Waals surface area contributed by atoms with Crippen LogP contribution in [0.5, 0.6) is 0 Å². The Labute approximate surface area is 489 Å². The summed E-state index contributed by atoms with van der Waals surface area (Å²) in [5, 5.41) is 2.06. The first-order chi connectivity index (χ1) is 38.7.